The normalized spacial score (nSPS) is 13.6. The number of amides is 4. The van der Waals surface area contributed by atoms with Crippen LogP contribution in [-0.2, 0) is 16.1 Å². The van der Waals surface area contributed by atoms with E-state index in [1.54, 1.807) is 29.2 Å². The molecule has 0 aliphatic carbocycles. The molecule has 0 saturated carbocycles. The molecule has 0 aromatic heterocycles. The van der Waals surface area contributed by atoms with E-state index in [1.807, 2.05) is 44.2 Å². The van der Waals surface area contributed by atoms with Gasteiger partial charge in [0, 0.05) is 26.1 Å². The lowest BCUT2D eigenvalue weighted by molar-refractivity contribution is -0.141. The molecule has 1 atom stereocenters. The van der Waals surface area contributed by atoms with E-state index in [9.17, 15) is 19.2 Å². The fraction of sp³-hybridized carbons (Fsp3) is 0.385. The second-order valence-corrected chi connectivity index (χ2v) is 8.13. The second-order valence-electron chi connectivity index (χ2n) is 8.13. The Morgan fingerprint density at radius 2 is 1.55 bits per heavy atom. The van der Waals surface area contributed by atoms with Gasteiger partial charge < -0.3 is 10.2 Å². The first-order valence-electron chi connectivity index (χ1n) is 11.5. The van der Waals surface area contributed by atoms with E-state index in [0.29, 0.717) is 37.1 Å². The predicted octanol–water partition coefficient (Wildman–Crippen LogP) is 3.40. The van der Waals surface area contributed by atoms with E-state index in [4.69, 9.17) is 0 Å². The molecule has 33 heavy (non-hydrogen) atoms. The van der Waals surface area contributed by atoms with Crippen molar-refractivity contribution in [1.82, 2.24) is 15.1 Å². The highest BCUT2D eigenvalue weighted by Gasteiger charge is 2.35. The lowest BCUT2D eigenvalue weighted by Crippen LogP contribution is -2.49. The van der Waals surface area contributed by atoms with Crippen molar-refractivity contribution in [2.24, 2.45) is 0 Å². The predicted molar refractivity (Wildman–Crippen MR) is 125 cm³/mol. The van der Waals surface area contributed by atoms with Crippen LogP contribution in [0.2, 0.25) is 0 Å². The Morgan fingerprint density at radius 3 is 2.12 bits per heavy atom. The molecule has 7 nitrogen and oxygen atoms in total. The zero-order chi connectivity index (χ0) is 23.8. The van der Waals surface area contributed by atoms with Gasteiger partial charge in [-0.25, -0.2) is 0 Å². The first-order valence-corrected chi connectivity index (χ1v) is 11.5. The molecular weight excluding hydrogens is 418 g/mol. The molecule has 1 N–H and O–H groups in total. The summed E-state index contributed by atoms with van der Waals surface area (Å²) in [6.45, 7) is 4.91. The fourth-order valence-corrected chi connectivity index (χ4v) is 4.04. The van der Waals surface area contributed by atoms with Crippen molar-refractivity contribution >= 4 is 23.6 Å². The van der Waals surface area contributed by atoms with Crippen molar-refractivity contribution in [2.45, 2.75) is 52.1 Å². The summed E-state index contributed by atoms with van der Waals surface area (Å²) < 4.78 is 0. The van der Waals surface area contributed by atoms with Gasteiger partial charge in [-0.2, -0.15) is 0 Å². The summed E-state index contributed by atoms with van der Waals surface area (Å²) in [6.07, 6.45) is 1.78. The number of fused-ring (bicyclic) bond motifs is 1. The van der Waals surface area contributed by atoms with E-state index in [0.717, 1.165) is 12.0 Å². The summed E-state index contributed by atoms with van der Waals surface area (Å²) in [5.41, 5.74) is 1.74. The van der Waals surface area contributed by atoms with Crippen LogP contribution in [0.15, 0.2) is 54.6 Å². The molecule has 0 bridgehead atoms. The van der Waals surface area contributed by atoms with E-state index < -0.39 is 6.04 Å². The van der Waals surface area contributed by atoms with Crippen LogP contribution >= 0.6 is 0 Å². The van der Waals surface area contributed by atoms with Crippen molar-refractivity contribution in [2.75, 3.05) is 13.1 Å². The number of benzene rings is 2. The van der Waals surface area contributed by atoms with Crippen LogP contribution < -0.4 is 5.32 Å². The number of hydrogen-bond acceptors (Lipinski definition) is 4. The number of carbonyl (C=O) groups is 4. The zero-order valence-corrected chi connectivity index (χ0v) is 19.3. The highest BCUT2D eigenvalue weighted by Crippen LogP contribution is 2.23. The minimum Gasteiger partial charge on any atom is -0.354 e. The Morgan fingerprint density at radius 1 is 0.939 bits per heavy atom. The molecular formula is C26H31N3O4. The van der Waals surface area contributed by atoms with Gasteiger partial charge in [0.2, 0.25) is 11.8 Å². The molecule has 1 aliphatic rings. The summed E-state index contributed by atoms with van der Waals surface area (Å²) in [4.78, 5) is 53.9. The van der Waals surface area contributed by atoms with Crippen LogP contribution in [0.5, 0.6) is 0 Å². The molecule has 0 spiro atoms. The van der Waals surface area contributed by atoms with Crippen molar-refractivity contribution in [3.63, 3.8) is 0 Å². The lowest BCUT2D eigenvalue weighted by atomic mass is 10.1. The van der Waals surface area contributed by atoms with Crippen molar-refractivity contribution in [1.29, 1.82) is 0 Å². The lowest BCUT2D eigenvalue weighted by Gasteiger charge is -2.31. The maximum atomic E-state index is 13.2. The zero-order valence-electron chi connectivity index (χ0n) is 19.3. The SMILES string of the molecule is CCCNC(=O)[C@H](CC)N(Cc1ccccc1)C(=O)CCCN1C(=O)c2ccccc2C1=O. The second kappa shape index (κ2) is 11.4. The van der Waals surface area contributed by atoms with Gasteiger partial charge in [0.25, 0.3) is 11.8 Å². The van der Waals surface area contributed by atoms with Crippen LogP contribution in [0, 0.1) is 0 Å². The topological polar surface area (TPSA) is 86.8 Å². The summed E-state index contributed by atoms with van der Waals surface area (Å²) in [5, 5.41) is 2.90. The number of rotatable bonds is 11. The van der Waals surface area contributed by atoms with E-state index in [1.165, 1.54) is 4.90 Å². The first kappa shape index (κ1) is 24.2. The maximum absolute atomic E-state index is 13.2. The number of nitrogens with zero attached hydrogens (tertiary/aromatic N) is 2. The maximum Gasteiger partial charge on any atom is 0.261 e. The monoisotopic (exact) mass is 449 g/mol. The van der Waals surface area contributed by atoms with Gasteiger partial charge in [-0.15, -0.1) is 0 Å². The molecule has 0 unspecified atom stereocenters. The highest BCUT2D eigenvalue weighted by molar-refractivity contribution is 6.21. The molecule has 0 saturated heterocycles. The molecule has 7 heteroatoms. The number of carbonyl (C=O) groups excluding carboxylic acids is 4. The van der Waals surface area contributed by atoms with Crippen LogP contribution in [0.4, 0.5) is 0 Å². The fourth-order valence-electron chi connectivity index (χ4n) is 4.04. The molecule has 0 radical (unpaired) electrons. The standard InChI is InChI=1S/C26H31N3O4/c1-3-16-27-24(31)22(4-2)29(18-19-11-6-5-7-12-19)23(30)15-10-17-28-25(32)20-13-8-9-14-21(20)26(28)33/h5-9,11-14,22H,3-4,10,15-18H2,1-2H3,(H,27,31)/t22-/m0/s1. The van der Waals surface area contributed by atoms with Crippen LogP contribution in [0.25, 0.3) is 0 Å². The third-order valence-electron chi connectivity index (χ3n) is 5.78. The summed E-state index contributed by atoms with van der Waals surface area (Å²) in [6, 6.07) is 15.7. The smallest absolute Gasteiger partial charge is 0.261 e. The number of nitrogens with one attached hydrogen (secondary N) is 1. The molecule has 4 amide bonds. The molecule has 2 aromatic carbocycles. The van der Waals surface area contributed by atoms with Gasteiger partial charge >= 0.3 is 0 Å². The van der Waals surface area contributed by atoms with Crippen molar-refractivity contribution in [3.05, 3.63) is 71.3 Å². The molecule has 1 aliphatic heterocycles. The summed E-state index contributed by atoms with van der Waals surface area (Å²) in [5.74, 6) is -0.984. The third kappa shape index (κ3) is 5.66. The third-order valence-corrected chi connectivity index (χ3v) is 5.78. The van der Waals surface area contributed by atoms with Gasteiger partial charge in [0.15, 0.2) is 0 Å². The van der Waals surface area contributed by atoms with E-state index in [-0.39, 0.29) is 36.6 Å². The number of hydrogen-bond donors (Lipinski definition) is 1. The molecule has 1 heterocycles. The van der Waals surface area contributed by atoms with Crippen LogP contribution in [0.3, 0.4) is 0 Å². The quantitative estimate of drug-likeness (QED) is 0.533. The van der Waals surface area contributed by atoms with Crippen molar-refractivity contribution < 1.29 is 19.2 Å². The average Bonchev–Trinajstić information content (AvgIpc) is 3.08. The first-order chi connectivity index (χ1) is 16.0. The van der Waals surface area contributed by atoms with Gasteiger partial charge in [0.05, 0.1) is 11.1 Å². The minimum atomic E-state index is -0.580. The van der Waals surface area contributed by atoms with E-state index in [2.05, 4.69) is 5.32 Å². The van der Waals surface area contributed by atoms with Gasteiger partial charge in [-0.05, 0) is 37.0 Å². The Labute approximate surface area is 194 Å². The Kier molecular flexibility index (Phi) is 8.35. The van der Waals surface area contributed by atoms with Crippen molar-refractivity contribution in [3.8, 4) is 0 Å². The Balaban J connectivity index is 1.67. The van der Waals surface area contributed by atoms with E-state index >= 15 is 0 Å². The highest BCUT2D eigenvalue weighted by atomic mass is 16.2. The number of imide groups is 1. The largest absolute Gasteiger partial charge is 0.354 e. The van der Waals surface area contributed by atoms with Gasteiger partial charge in [0.1, 0.15) is 6.04 Å². The molecule has 3 rings (SSSR count). The molecule has 0 fully saturated rings. The molecule has 174 valence electrons. The molecule has 2 aromatic rings. The van der Waals surface area contributed by atoms with Crippen LogP contribution in [0.1, 0.15) is 65.8 Å². The Hall–Kier alpha value is -3.48. The van der Waals surface area contributed by atoms with Crippen LogP contribution in [-0.4, -0.2) is 52.6 Å². The van der Waals surface area contributed by atoms with Gasteiger partial charge in [-0.3, -0.25) is 24.1 Å². The minimum absolute atomic E-state index is 0.137. The Bertz CT molecular complexity index is 971. The summed E-state index contributed by atoms with van der Waals surface area (Å²) >= 11 is 0. The van der Waals surface area contributed by atoms with Gasteiger partial charge in [-0.1, -0.05) is 56.3 Å². The average molecular weight is 450 g/mol. The summed E-state index contributed by atoms with van der Waals surface area (Å²) in [7, 11) is 0.